The molecule has 0 saturated carbocycles. The maximum atomic E-state index is 5.50. The van der Waals surface area contributed by atoms with Gasteiger partial charge >= 0.3 is 0 Å². The van der Waals surface area contributed by atoms with E-state index in [1.54, 1.807) is 4.68 Å². The Balaban J connectivity index is 2.69. The minimum atomic E-state index is 0.327. The standard InChI is InChI=1S/C8H17N5/c1-6(2)4-7(3)13-8(5-9)10-11-12-13/h6-7H,4-5,9H2,1-3H3. The molecule has 0 aromatic carbocycles. The van der Waals surface area contributed by atoms with Crippen LogP contribution in [0.3, 0.4) is 0 Å². The Labute approximate surface area is 78.3 Å². The van der Waals surface area contributed by atoms with Crippen molar-refractivity contribution in [3.05, 3.63) is 5.82 Å². The first-order valence-electron chi connectivity index (χ1n) is 4.62. The minimum Gasteiger partial charge on any atom is -0.324 e. The molecule has 0 spiro atoms. The van der Waals surface area contributed by atoms with Crippen LogP contribution in [0.2, 0.25) is 0 Å². The molecule has 1 atom stereocenters. The highest BCUT2D eigenvalue weighted by atomic mass is 15.5. The van der Waals surface area contributed by atoms with Crippen LogP contribution in [0.25, 0.3) is 0 Å². The van der Waals surface area contributed by atoms with Crippen LogP contribution in [0.4, 0.5) is 0 Å². The molecule has 1 aromatic rings. The second-order valence-corrected chi connectivity index (χ2v) is 3.72. The molecule has 2 N–H and O–H groups in total. The largest absolute Gasteiger partial charge is 0.324 e. The van der Waals surface area contributed by atoms with Crippen LogP contribution in [0, 0.1) is 5.92 Å². The van der Waals surface area contributed by atoms with Gasteiger partial charge in [-0.1, -0.05) is 13.8 Å². The van der Waals surface area contributed by atoms with Gasteiger partial charge in [0, 0.05) is 0 Å². The average Bonchev–Trinajstić information content (AvgIpc) is 2.49. The van der Waals surface area contributed by atoms with Crippen molar-refractivity contribution < 1.29 is 0 Å². The Morgan fingerprint density at radius 1 is 1.38 bits per heavy atom. The van der Waals surface area contributed by atoms with Crippen LogP contribution in [-0.4, -0.2) is 20.2 Å². The number of hydrogen-bond donors (Lipinski definition) is 1. The molecule has 74 valence electrons. The predicted octanol–water partition coefficient (Wildman–Crippen LogP) is 0.739. The lowest BCUT2D eigenvalue weighted by atomic mass is 10.1. The van der Waals surface area contributed by atoms with Crippen molar-refractivity contribution in [3.63, 3.8) is 0 Å². The summed E-state index contributed by atoms with van der Waals surface area (Å²) in [5, 5.41) is 11.4. The molecule has 1 aromatic heterocycles. The molecule has 1 unspecified atom stereocenters. The molecule has 0 aliphatic rings. The lowest BCUT2D eigenvalue weighted by Gasteiger charge is -2.14. The first-order chi connectivity index (χ1) is 6.15. The molecule has 1 rings (SSSR count). The number of nitrogens with zero attached hydrogens (tertiary/aromatic N) is 4. The van der Waals surface area contributed by atoms with Gasteiger partial charge in [-0.15, -0.1) is 5.10 Å². The molecule has 0 amide bonds. The summed E-state index contributed by atoms with van der Waals surface area (Å²) in [4.78, 5) is 0. The molecule has 0 aliphatic heterocycles. The zero-order valence-corrected chi connectivity index (χ0v) is 8.44. The first kappa shape index (κ1) is 10.1. The number of hydrogen-bond acceptors (Lipinski definition) is 4. The lowest BCUT2D eigenvalue weighted by molar-refractivity contribution is 0.381. The summed E-state index contributed by atoms with van der Waals surface area (Å²) in [5.41, 5.74) is 5.50. The van der Waals surface area contributed by atoms with Gasteiger partial charge in [-0.2, -0.15) is 0 Å². The Hall–Kier alpha value is -0.970. The van der Waals surface area contributed by atoms with Gasteiger partial charge in [-0.25, -0.2) is 4.68 Å². The Morgan fingerprint density at radius 3 is 2.62 bits per heavy atom. The highest BCUT2D eigenvalue weighted by Gasteiger charge is 2.12. The van der Waals surface area contributed by atoms with Gasteiger partial charge in [-0.3, -0.25) is 0 Å². The smallest absolute Gasteiger partial charge is 0.165 e. The van der Waals surface area contributed by atoms with E-state index in [2.05, 4.69) is 36.3 Å². The van der Waals surface area contributed by atoms with Gasteiger partial charge in [0.1, 0.15) is 0 Å². The molecule has 0 radical (unpaired) electrons. The summed E-state index contributed by atoms with van der Waals surface area (Å²) in [6, 6.07) is 0.327. The Bertz CT molecular complexity index is 255. The fraction of sp³-hybridized carbons (Fsp3) is 0.875. The fourth-order valence-electron chi connectivity index (χ4n) is 1.47. The van der Waals surface area contributed by atoms with Gasteiger partial charge < -0.3 is 5.73 Å². The van der Waals surface area contributed by atoms with Gasteiger partial charge in [0.15, 0.2) is 5.82 Å². The van der Waals surface area contributed by atoms with E-state index in [1.807, 2.05) is 0 Å². The maximum Gasteiger partial charge on any atom is 0.165 e. The van der Waals surface area contributed by atoms with E-state index >= 15 is 0 Å². The first-order valence-corrected chi connectivity index (χ1v) is 4.62. The van der Waals surface area contributed by atoms with E-state index in [1.165, 1.54) is 0 Å². The molecule has 0 aliphatic carbocycles. The van der Waals surface area contributed by atoms with Crippen LogP contribution in [0.1, 0.15) is 39.1 Å². The van der Waals surface area contributed by atoms with Crippen LogP contribution in [-0.2, 0) is 6.54 Å². The minimum absolute atomic E-state index is 0.327. The van der Waals surface area contributed by atoms with Crippen molar-refractivity contribution >= 4 is 0 Å². The zero-order chi connectivity index (χ0) is 9.84. The molecule has 0 saturated heterocycles. The van der Waals surface area contributed by atoms with E-state index in [-0.39, 0.29) is 0 Å². The summed E-state index contributed by atoms with van der Waals surface area (Å²) < 4.78 is 1.81. The summed E-state index contributed by atoms with van der Waals surface area (Å²) in [7, 11) is 0. The highest BCUT2D eigenvalue weighted by Crippen LogP contribution is 2.15. The van der Waals surface area contributed by atoms with E-state index in [9.17, 15) is 0 Å². The summed E-state index contributed by atoms with van der Waals surface area (Å²) in [6.07, 6.45) is 1.07. The van der Waals surface area contributed by atoms with Gasteiger partial charge in [0.05, 0.1) is 12.6 Å². The average molecular weight is 183 g/mol. The van der Waals surface area contributed by atoms with Crippen LogP contribution in [0.15, 0.2) is 0 Å². The normalized spacial score (nSPS) is 13.6. The lowest BCUT2D eigenvalue weighted by Crippen LogP contribution is -2.15. The van der Waals surface area contributed by atoms with Crippen molar-refractivity contribution in [2.45, 2.75) is 39.8 Å². The molecule has 5 nitrogen and oxygen atoms in total. The fourth-order valence-corrected chi connectivity index (χ4v) is 1.47. The molecule has 1 heterocycles. The number of rotatable bonds is 4. The number of aromatic nitrogens is 4. The third-order valence-corrected chi connectivity index (χ3v) is 1.97. The summed E-state index contributed by atoms with van der Waals surface area (Å²) >= 11 is 0. The summed E-state index contributed by atoms with van der Waals surface area (Å²) in [6.45, 7) is 6.87. The number of nitrogens with two attached hydrogens (primary N) is 1. The van der Waals surface area contributed by atoms with Crippen molar-refractivity contribution in [2.75, 3.05) is 0 Å². The van der Waals surface area contributed by atoms with Crippen LogP contribution < -0.4 is 5.73 Å². The molecular formula is C8H17N5. The van der Waals surface area contributed by atoms with E-state index in [0.29, 0.717) is 18.5 Å². The topological polar surface area (TPSA) is 69.6 Å². The zero-order valence-electron chi connectivity index (χ0n) is 8.44. The van der Waals surface area contributed by atoms with Crippen molar-refractivity contribution in [1.82, 2.24) is 20.2 Å². The molecule has 5 heteroatoms. The van der Waals surface area contributed by atoms with Gasteiger partial charge in [-0.05, 0) is 29.7 Å². The third kappa shape index (κ3) is 2.48. The highest BCUT2D eigenvalue weighted by molar-refractivity contribution is 4.81. The molecule has 13 heavy (non-hydrogen) atoms. The second-order valence-electron chi connectivity index (χ2n) is 3.72. The van der Waals surface area contributed by atoms with Crippen molar-refractivity contribution in [1.29, 1.82) is 0 Å². The monoisotopic (exact) mass is 183 g/mol. The quantitative estimate of drug-likeness (QED) is 0.747. The van der Waals surface area contributed by atoms with Crippen LogP contribution >= 0.6 is 0 Å². The van der Waals surface area contributed by atoms with E-state index < -0.39 is 0 Å². The van der Waals surface area contributed by atoms with Crippen molar-refractivity contribution in [3.8, 4) is 0 Å². The molecular weight excluding hydrogens is 166 g/mol. The molecule has 0 bridgehead atoms. The number of tetrazole rings is 1. The summed E-state index contributed by atoms with van der Waals surface area (Å²) in [5.74, 6) is 1.40. The Morgan fingerprint density at radius 2 is 2.08 bits per heavy atom. The predicted molar refractivity (Wildman–Crippen MR) is 49.9 cm³/mol. The van der Waals surface area contributed by atoms with Gasteiger partial charge in [0.2, 0.25) is 0 Å². The maximum absolute atomic E-state index is 5.50. The van der Waals surface area contributed by atoms with E-state index in [4.69, 9.17) is 5.73 Å². The SMILES string of the molecule is CC(C)CC(C)n1nnnc1CN. The van der Waals surface area contributed by atoms with Crippen LogP contribution in [0.5, 0.6) is 0 Å². The van der Waals surface area contributed by atoms with Crippen molar-refractivity contribution in [2.24, 2.45) is 11.7 Å². The van der Waals surface area contributed by atoms with E-state index in [0.717, 1.165) is 12.2 Å². The Kier molecular flexibility index (Phi) is 3.36. The van der Waals surface area contributed by atoms with Gasteiger partial charge in [0.25, 0.3) is 0 Å². The second kappa shape index (κ2) is 4.32. The third-order valence-electron chi connectivity index (χ3n) is 1.97. The molecule has 0 fully saturated rings.